The number of nitrogens with zero attached hydrogens (tertiary/aromatic N) is 2. The molecule has 1 aromatic carbocycles. The van der Waals surface area contributed by atoms with Crippen molar-refractivity contribution in [2.45, 2.75) is 162 Å². The number of aromatic nitrogens is 2. The van der Waals surface area contributed by atoms with E-state index in [2.05, 4.69) is 54.9 Å². The molecule has 2 heteroatoms. The van der Waals surface area contributed by atoms with E-state index in [9.17, 15) is 0 Å². The molecule has 2 rings (SSSR count). The predicted molar refractivity (Wildman–Crippen MR) is 159 cm³/mol. The Bertz CT molecular complexity index is 733. The molecule has 0 N–H and O–H groups in total. The Kier molecular flexibility index (Phi) is 18.3. The first kappa shape index (κ1) is 30.7. The second-order valence-electron chi connectivity index (χ2n) is 11.1. The van der Waals surface area contributed by atoms with Crippen LogP contribution in [0.3, 0.4) is 0 Å². The molecule has 2 aromatic rings. The summed E-state index contributed by atoms with van der Waals surface area (Å²) in [5.41, 5.74) is 2.73. The molecule has 0 fully saturated rings. The molecular formula is C34H58N2. The van der Waals surface area contributed by atoms with Crippen molar-refractivity contribution in [3.8, 4) is 0 Å². The van der Waals surface area contributed by atoms with Crippen molar-refractivity contribution < 1.29 is 0 Å². The molecule has 0 unspecified atom stereocenters. The molecule has 0 atom stereocenters. The third-order valence-corrected chi connectivity index (χ3v) is 7.63. The lowest BCUT2D eigenvalue weighted by Crippen LogP contribution is -2.03. The molecule has 0 spiro atoms. The van der Waals surface area contributed by atoms with Gasteiger partial charge in [0.2, 0.25) is 0 Å². The van der Waals surface area contributed by atoms with E-state index in [1.165, 1.54) is 139 Å². The highest BCUT2D eigenvalue weighted by atomic mass is 15.1. The number of benzene rings is 1. The summed E-state index contributed by atoms with van der Waals surface area (Å²) in [6.45, 7) is 5.72. The number of hydrogen-bond donors (Lipinski definition) is 0. The zero-order chi connectivity index (χ0) is 25.5. The fourth-order valence-electron chi connectivity index (χ4n) is 5.38. The van der Waals surface area contributed by atoms with Crippen LogP contribution >= 0.6 is 0 Å². The zero-order valence-electron chi connectivity index (χ0n) is 24.1. The van der Waals surface area contributed by atoms with Gasteiger partial charge in [0.05, 0.1) is 5.69 Å². The fraction of sp³-hybridized carbons (Fsp3) is 0.735. The first-order valence-electron chi connectivity index (χ1n) is 15.9. The molecule has 36 heavy (non-hydrogen) atoms. The molecule has 0 aliphatic carbocycles. The van der Waals surface area contributed by atoms with Crippen LogP contribution in [0.2, 0.25) is 0 Å². The highest BCUT2D eigenvalue weighted by molar-refractivity contribution is 5.15. The third-order valence-electron chi connectivity index (χ3n) is 7.63. The monoisotopic (exact) mass is 494 g/mol. The molecule has 1 aromatic heterocycles. The number of rotatable bonds is 24. The smallest absolute Gasteiger partial charge is 0.108 e. The molecule has 0 amide bonds. The SMILES string of the molecule is CCCCCCCCCCCCCCCCCCCn1cc(CCCc2ccccc2)nc1CCC. The second-order valence-corrected chi connectivity index (χ2v) is 11.1. The van der Waals surface area contributed by atoms with E-state index >= 15 is 0 Å². The maximum atomic E-state index is 4.99. The summed E-state index contributed by atoms with van der Waals surface area (Å²) in [6.07, 6.45) is 32.4. The third kappa shape index (κ3) is 14.9. The molecule has 0 bridgehead atoms. The number of aryl methyl sites for hydroxylation is 4. The van der Waals surface area contributed by atoms with Crippen LogP contribution in [0.1, 0.15) is 153 Å². The Labute approximate surface area is 224 Å². The lowest BCUT2D eigenvalue weighted by atomic mass is 10.0. The van der Waals surface area contributed by atoms with Gasteiger partial charge in [-0.1, -0.05) is 147 Å². The topological polar surface area (TPSA) is 17.8 Å². The van der Waals surface area contributed by atoms with Crippen LogP contribution in [0.5, 0.6) is 0 Å². The minimum absolute atomic E-state index is 1.09. The van der Waals surface area contributed by atoms with E-state index in [-0.39, 0.29) is 0 Å². The highest BCUT2D eigenvalue weighted by Crippen LogP contribution is 2.16. The van der Waals surface area contributed by atoms with Crippen molar-refractivity contribution in [2.75, 3.05) is 0 Å². The van der Waals surface area contributed by atoms with E-state index in [0.29, 0.717) is 0 Å². The molecule has 0 aliphatic rings. The quantitative estimate of drug-likeness (QED) is 0.133. The number of unbranched alkanes of at least 4 members (excludes halogenated alkanes) is 16. The van der Waals surface area contributed by atoms with Crippen molar-refractivity contribution >= 4 is 0 Å². The van der Waals surface area contributed by atoms with Gasteiger partial charge in [-0.05, 0) is 37.7 Å². The van der Waals surface area contributed by atoms with Crippen molar-refractivity contribution in [2.24, 2.45) is 0 Å². The molecular weight excluding hydrogens is 436 g/mol. The van der Waals surface area contributed by atoms with Gasteiger partial charge in [-0.15, -0.1) is 0 Å². The molecule has 0 aliphatic heterocycles. The van der Waals surface area contributed by atoms with Gasteiger partial charge in [-0.3, -0.25) is 0 Å². The van der Waals surface area contributed by atoms with E-state index in [0.717, 1.165) is 25.8 Å². The summed E-state index contributed by atoms with van der Waals surface area (Å²) in [4.78, 5) is 4.99. The van der Waals surface area contributed by atoms with Crippen molar-refractivity contribution in [3.05, 3.63) is 53.6 Å². The maximum absolute atomic E-state index is 4.99. The van der Waals surface area contributed by atoms with Crippen molar-refractivity contribution in [1.82, 2.24) is 9.55 Å². The van der Waals surface area contributed by atoms with Gasteiger partial charge < -0.3 is 4.57 Å². The average molecular weight is 495 g/mol. The van der Waals surface area contributed by atoms with E-state index in [1.807, 2.05) is 0 Å². The van der Waals surface area contributed by atoms with Crippen molar-refractivity contribution in [3.63, 3.8) is 0 Å². The van der Waals surface area contributed by atoms with Gasteiger partial charge in [0, 0.05) is 19.2 Å². The minimum atomic E-state index is 1.09. The van der Waals surface area contributed by atoms with Gasteiger partial charge in [0.25, 0.3) is 0 Å². The van der Waals surface area contributed by atoms with Crippen LogP contribution in [0.25, 0.3) is 0 Å². The number of hydrogen-bond acceptors (Lipinski definition) is 1. The lowest BCUT2D eigenvalue weighted by molar-refractivity contribution is 0.516. The maximum Gasteiger partial charge on any atom is 0.108 e. The zero-order valence-corrected chi connectivity index (χ0v) is 24.1. The van der Waals surface area contributed by atoms with Gasteiger partial charge >= 0.3 is 0 Å². The van der Waals surface area contributed by atoms with Crippen LogP contribution in [0.15, 0.2) is 36.5 Å². The van der Waals surface area contributed by atoms with Crippen LogP contribution in [-0.4, -0.2) is 9.55 Å². The molecule has 1 heterocycles. The molecule has 0 saturated heterocycles. The molecule has 2 nitrogen and oxygen atoms in total. The van der Waals surface area contributed by atoms with E-state index in [1.54, 1.807) is 0 Å². The Hall–Kier alpha value is -1.57. The van der Waals surface area contributed by atoms with Crippen LogP contribution < -0.4 is 0 Å². The van der Waals surface area contributed by atoms with E-state index in [4.69, 9.17) is 4.98 Å². The van der Waals surface area contributed by atoms with Crippen LogP contribution in [0.4, 0.5) is 0 Å². The van der Waals surface area contributed by atoms with Crippen molar-refractivity contribution in [1.29, 1.82) is 0 Å². The molecule has 0 radical (unpaired) electrons. The second kappa shape index (κ2) is 21.5. The first-order valence-corrected chi connectivity index (χ1v) is 15.9. The standard InChI is InChI=1S/C34H58N2/c1-3-5-6-7-8-9-10-11-12-13-14-15-16-17-18-19-23-30-36-31-33(35-34(36)25-4-2)29-24-28-32-26-21-20-22-27-32/h20-22,26-27,31H,3-19,23-25,28-30H2,1-2H3. The number of imidazole rings is 1. The summed E-state index contributed by atoms with van der Waals surface area (Å²) >= 11 is 0. The minimum Gasteiger partial charge on any atom is -0.335 e. The Morgan fingerprint density at radius 2 is 1.06 bits per heavy atom. The fourth-order valence-corrected chi connectivity index (χ4v) is 5.38. The van der Waals surface area contributed by atoms with Gasteiger partial charge in [-0.25, -0.2) is 4.98 Å². The highest BCUT2D eigenvalue weighted by Gasteiger charge is 2.07. The first-order chi connectivity index (χ1) is 17.8. The summed E-state index contributed by atoms with van der Waals surface area (Å²) in [5, 5.41) is 0. The Morgan fingerprint density at radius 3 is 1.58 bits per heavy atom. The van der Waals surface area contributed by atoms with Crippen LogP contribution in [0, 0.1) is 0 Å². The van der Waals surface area contributed by atoms with Crippen LogP contribution in [-0.2, 0) is 25.8 Å². The summed E-state index contributed by atoms with van der Waals surface area (Å²) in [6, 6.07) is 10.9. The largest absolute Gasteiger partial charge is 0.335 e. The van der Waals surface area contributed by atoms with Gasteiger partial charge in [0.1, 0.15) is 5.82 Å². The Balaban J connectivity index is 1.45. The molecule has 204 valence electrons. The summed E-state index contributed by atoms with van der Waals surface area (Å²) < 4.78 is 2.46. The summed E-state index contributed by atoms with van der Waals surface area (Å²) in [7, 11) is 0. The van der Waals surface area contributed by atoms with E-state index < -0.39 is 0 Å². The lowest BCUT2D eigenvalue weighted by Gasteiger charge is -2.07. The predicted octanol–water partition coefficient (Wildman–Crippen LogP) is 10.7. The van der Waals surface area contributed by atoms with Gasteiger partial charge in [-0.2, -0.15) is 0 Å². The average Bonchev–Trinajstić information content (AvgIpc) is 3.28. The Morgan fingerprint density at radius 1 is 0.528 bits per heavy atom. The summed E-state index contributed by atoms with van der Waals surface area (Å²) in [5.74, 6) is 1.31. The molecule has 0 saturated carbocycles. The normalized spacial score (nSPS) is 11.4. The van der Waals surface area contributed by atoms with Gasteiger partial charge in [0.15, 0.2) is 0 Å².